The van der Waals surface area contributed by atoms with Gasteiger partial charge in [-0.15, -0.1) is 0 Å². The maximum atomic E-state index is 10.5. The van der Waals surface area contributed by atoms with E-state index >= 15 is 0 Å². The van der Waals surface area contributed by atoms with E-state index < -0.39 is 17.4 Å². The van der Waals surface area contributed by atoms with Crippen LogP contribution in [0.2, 0.25) is 0 Å². The second-order valence-corrected chi connectivity index (χ2v) is 5.07. The lowest BCUT2D eigenvalue weighted by Gasteiger charge is -2.27. The quantitative estimate of drug-likeness (QED) is 0.545. The molecule has 0 aliphatic heterocycles. The van der Waals surface area contributed by atoms with Gasteiger partial charge in [-0.05, 0) is 12.8 Å². The number of hydrogen-bond acceptors (Lipinski definition) is 3. The minimum Gasteiger partial charge on any atom is -0.549 e. The number of hydrogen-bond donors (Lipinski definition) is 1. The molecule has 0 aromatic rings. The van der Waals surface area contributed by atoms with Crippen LogP contribution < -0.4 is 5.11 Å². The first-order valence-corrected chi connectivity index (χ1v) is 5.25. The Bertz CT molecular complexity index is 217. The van der Waals surface area contributed by atoms with Crippen molar-refractivity contribution >= 4 is 11.9 Å². The van der Waals surface area contributed by atoms with Gasteiger partial charge >= 0.3 is 5.97 Å². The van der Waals surface area contributed by atoms with Gasteiger partial charge in [-0.1, -0.05) is 13.8 Å². The van der Waals surface area contributed by atoms with E-state index in [1.165, 1.54) is 13.8 Å². The molecule has 0 heterocycles. The molecule has 0 saturated heterocycles. The maximum Gasteiger partial charge on any atom is 0.315 e. The second-order valence-electron chi connectivity index (χ2n) is 5.07. The van der Waals surface area contributed by atoms with Crippen molar-refractivity contribution in [1.82, 2.24) is 0 Å². The summed E-state index contributed by atoms with van der Waals surface area (Å²) in [6.45, 7) is 3.04. The van der Waals surface area contributed by atoms with Crippen molar-refractivity contribution in [3.63, 3.8) is 0 Å². The Morgan fingerprint density at radius 3 is 1.38 bits per heavy atom. The van der Waals surface area contributed by atoms with Crippen molar-refractivity contribution in [3.8, 4) is 0 Å². The van der Waals surface area contributed by atoms with Crippen LogP contribution in [0.4, 0.5) is 0 Å². The van der Waals surface area contributed by atoms with Crippen molar-refractivity contribution in [2.24, 2.45) is 5.41 Å². The van der Waals surface area contributed by atoms with Crippen molar-refractivity contribution < 1.29 is 24.3 Å². The Hall–Kier alpha value is -1.10. The molecule has 5 heteroatoms. The molecule has 0 rings (SSSR count). The molecular weight excluding hydrogens is 210 g/mol. The predicted octanol–water partition coefficient (Wildman–Crippen LogP) is -0.0503. The zero-order valence-corrected chi connectivity index (χ0v) is 11.0. The SMILES string of the molecule is CCC(CC)(C(=O)[O-])C(=O)O.C[N+](C)(C)C. The highest BCUT2D eigenvalue weighted by Crippen LogP contribution is 2.25. The molecular formula is C11H23NO4. The molecule has 1 N–H and O–H groups in total. The molecule has 0 aromatic heterocycles. The smallest absolute Gasteiger partial charge is 0.315 e. The summed E-state index contributed by atoms with van der Waals surface area (Å²) in [7, 11) is 8.50. The van der Waals surface area contributed by atoms with Crippen molar-refractivity contribution in [2.45, 2.75) is 26.7 Å². The van der Waals surface area contributed by atoms with Crippen LogP contribution in [0.25, 0.3) is 0 Å². The fraction of sp³-hybridized carbons (Fsp3) is 0.818. The summed E-state index contributed by atoms with van der Waals surface area (Å²) in [4.78, 5) is 20.9. The Morgan fingerprint density at radius 2 is 1.38 bits per heavy atom. The van der Waals surface area contributed by atoms with Gasteiger partial charge in [0.05, 0.1) is 34.2 Å². The third kappa shape index (κ3) is 6.40. The summed E-state index contributed by atoms with van der Waals surface area (Å²) in [6, 6.07) is 0. The van der Waals surface area contributed by atoms with Gasteiger partial charge in [-0.2, -0.15) is 0 Å². The fourth-order valence-electron chi connectivity index (χ4n) is 0.928. The highest BCUT2D eigenvalue weighted by molar-refractivity contribution is 5.97. The van der Waals surface area contributed by atoms with Gasteiger partial charge in [0.2, 0.25) is 0 Å². The standard InChI is InChI=1S/C7H12O4.C4H12N/c1-3-7(4-2,5(8)9)6(10)11;1-5(2,3)4/h3-4H2,1-2H3,(H,8,9)(H,10,11);1-4H3/q;+1/p-1. The lowest BCUT2D eigenvalue weighted by atomic mass is 9.83. The minimum atomic E-state index is -1.69. The van der Waals surface area contributed by atoms with E-state index in [-0.39, 0.29) is 12.8 Å². The van der Waals surface area contributed by atoms with Gasteiger partial charge in [-0.3, -0.25) is 4.79 Å². The minimum absolute atomic E-state index is 0.0567. The van der Waals surface area contributed by atoms with Crippen LogP contribution in [0.1, 0.15) is 26.7 Å². The van der Waals surface area contributed by atoms with Crippen molar-refractivity contribution in [1.29, 1.82) is 0 Å². The summed E-state index contributed by atoms with van der Waals surface area (Å²) >= 11 is 0. The Morgan fingerprint density at radius 1 is 1.12 bits per heavy atom. The van der Waals surface area contributed by atoms with Crippen LogP contribution >= 0.6 is 0 Å². The highest BCUT2D eigenvalue weighted by atomic mass is 16.4. The third-order valence-electron chi connectivity index (χ3n) is 2.01. The van der Waals surface area contributed by atoms with Gasteiger partial charge in [0.25, 0.3) is 0 Å². The summed E-state index contributed by atoms with van der Waals surface area (Å²) in [5.74, 6) is -2.82. The van der Waals surface area contributed by atoms with Gasteiger partial charge in [0.1, 0.15) is 5.41 Å². The van der Waals surface area contributed by atoms with Crippen molar-refractivity contribution in [2.75, 3.05) is 28.2 Å². The molecule has 0 radical (unpaired) electrons. The lowest BCUT2D eigenvalue weighted by Crippen LogP contribution is -2.47. The molecule has 0 aliphatic rings. The first kappa shape index (κ1) is 17.3. The van der Waals surface area contributed by atoms with E-state index in [0.29, 0.717) is 0 Å². The molecule has 0 bridgehead atoms. The number of carboxylic acids is 2. The van der Waals surface area contributed by atoms with Crippen LogP contribution in [0.3, 0.4) is 0 Å². The number of carbonyl (C=O) groups excluding carboxylic acids is 1. The zero-order chi connectivity index (χ0) is 13.6. The molecule has 96 valence electrons. The van der Waals surface area contributed by atoms with Crippen LogP contribution in [0, 0.1) is 5.41 Å². The van der Waals surface area contributed by atoms with E-state index in [1.807, 2.05) is 0 Å². The number of quaternary nitrogens is 1. The average Bonchev–Trinajstić information content (AvgIpc) is 2.02. The molecule has 0 fully saturated rings. The summed E-state index contributed by atoms with van der Waals surface area (Å²) in [5, 5.41) is 19.0. The van der Waals surface area contributed by atoms with Gasteiger partial charge in [0, 0.05) is 0 Å². The van der Waals surface area contributed by atoms with E-state index in [1.54, 1.807) is 0 Å². The molecule has 5 nitrogen and oxygen atoms in total. The number of carbonyl (C=O) groups is 2. The summed E-state index contributed by atoms with van der Waals surface area (Å²) in [6.07, 6.45) is 0.113. The fourth-order valence-corrected chi connectivity index (χ4v) is 0.928. The first-order chi connectivity index (χ1) is 7.01. The maximum absolute atomic E-state index is 10.5. The van der Waals surface area contributed by atoms with E-state index in [9.17, 15) is 14.7 Å². The molecule has 0 saturated carbocycles. The van der Waals surface area contributed by atoms with Crippen LogP contribution in [0.15, 0.2) is 0 Å². The Kier molecular flexibility index (Phi) is 7.00. The Labute approximate surface area is 97.3 Å². The van der Waals surface area contributed by atoms with E-state index in [0.717, 1.165) is 4.48 Å². The van der Waals surface area contributed by atoms with E-state index in [2.05, 4.69) is 28.2 Å². The normalized spacial score (nSPS) is 11.4. The van der Waals surface area contributed by atoms with Crippen LogP contribution in [0.5, 0.6) is 0 Å². The highest BCUT2D eigenvalue weighted by Gasteiger charge is 2.36. The number of rotatable bonds is 4. The van der Waals surface area contributed by atoms with E-state index in [4.69, 9.17) is 5.11 Å². The molecule has 16 heavy (non-hydrogen) atoms. The predicted molar refractivity (Wildman–Crippen MR) is 59.6 cm³/mol. The molecule has 0 atom stereocenters. The van der Waals surface area contributed by atoms with Gasteiger partial charge in [-0.25, -0.2) is 0 Å². The average molecular weight is 233 g/mol. The van der Waals surface area contributed by atoms with Gasteiger partial charge < -0.3 is 19.5 Å². The number of nitrogens with zero attached hydrogens (tertiary/aromatic N) is 1. The molecule has 0 aromatic carbocycles. The topological polar surface area (TPSA) is 77.4 Å². The Balaban J connectivity index is 0. The van der Waals surface area contributed by atoms with Crippen LogP contribution in [-0.2, 0) is 9.59 Å². The summed E-state index contributed by atoms with van der Waals surface area (Å²) in [5.41, 5.74) is -1.69. The van der Waals surface area contributed by atoms with Crippen molar-refractivity contribution in [3.05, 3.63) is 0 Å². The number of carboxylic acid groups (broad SMARTS) is 2. The summed E-state index contributed by atoms with van der Waals surface area (Å²) < 4.78 is 1.00. The van der Waals surface area contributed by atoms with Gasteiger partial charge in [0.15, 0.2) is 0 Å². The number of aliphatic carboxylic acids is 2. The second kappa shape index (κ2) is 6.48. The molecule has 0 aliphatic carbocycles. The third-order valence-corrected chi connectivity index (χ3v) is 2.01. The molecule has 0 spiro atoms. The van der Waals surface area contributed by atoms with Crippen LogP contribution in [-0.4, -0.2) is 49.7 Å². The first-order valence-electron chi connectivity index (χ1n) is 5.25. The molecule has 0 amide bonds. The lowest BCUT2D eigenvalue weighted by molar-refractivity contribution is -0.849. The zero-order valence-electron chi connectivity index (χ0n) is 11.0. The largest absolute Gasteiger partial charge is 0.549 e. The molecule has 0 unspecified atom stereocenters. The monoisotopic (exact) mass is 233 g/mol.